The highest BCUT2D eigenvalue weighted by Crippen LogP contribution is 2.29. The summed E-state index contributed by atoms with van der Waals surface area (Å²) in [6.45, 7) is 1.12. The Morgan fingerprint density at radius 2 is 2.19 bits per heavy atom. The molecule has 1 amide bonds. The number of nitrogens with zero attached hydrogens (tertiary/aromatic N) is 1. The molecular formula is C18H17ClN2O5. The van der Waals surface area contributed by atoms with E-state index in [0.29, 0.717) is 23.1 Å². The van der Waals surface area contributed by atoms with Crippen LogP contribution < -0.4 is 10.1 Å². The predicted molar refractivity (Wildman–Crippen MR) is 95.1 cm³/mol. The average molecular weight is 377 g/mol. The highest BCUT2D eigenvalue weighted by molar-refractivity contribution is 6.31. The second kappa shape index (κ2) is 8.16. The van der Waals surface area contributed by atoms with Crippen molar-refractivity contribution in [2.75, 3.05) is 18.5 Å². The number of rotatable bonds is 6. The van der Waals surface area contributed by atoms with Crippen LogP contribution in [0.1, 0.15) is 33.7 Å². The van der Waals surface area contributed by atoms with Gasteiger partial charge in [0.25, 0.3) is 5.91 Å². The summed E-state index contributed by atoms with van der Waals surface area (Å²) in [6.07, 6.45) is 3.20. The zero-order valence-corrected chi connectivity index (χ0v) is 14.5. The van der Waals surface area contributed by atoms with Gasteiger partial charge in [-0.25, -0.2) is 9.78 Å². The van der Waals surface area contributed by atoms with Gasteiger partial charge in [-0.1, -0.05) is 11.6 Å². The number of carboxylic acid groups (broad SMARTS) is 1. The number of ether oxygens (including phenoxy) is 2. The maximum Gasteiger partial charge on any atom is 0.354 e. The van der Waals surface area contributed by atoms with Crippen LogP contribution in [0.5, 0.6) is 5.75 Å². The van der Waals surface area contributed by atoms with Crippen molar-refractivity contribution in [3.05, 3.63) is 52.8 Å². The molecule has 8 heteroatoms. The van der Waals surface area contributed by atoms with Crippen molar-refractivity contribution in [1.29, 1.82) is 0 Å². The Morgan fingerprint density at radius 1 is 1.35 bits per heavy atom. The van der Waals surface area contributed by atoms with Crippen LogP contribution in [0.15, 0.2) is 36.5 Å². The third-order valence-corrected chi connectivity index (χ3v) is 4.12. The molecule has 1 unspecified atom stereocenters. The first kappa shape index (κ1) is 18.2. The quantitative estimate of drug-likeness (QED) is 0.803. The third kappa shape index (κ3) is 4.50. The lowest BCUT2D eigenvalue weighted by atomic mass is 10.2. The van der Waals surface area contributed by atoms with Gasteiger partial charge >= 0.3 is 5.97 Å². The van der Waals surface area contributed by atoms with E-state index in [0.717, 1.165) is 19.4 Å². The number of hydrogen-bond acceptors (Lipinski definition) is 5. The lowest BCUT2D eigenvalue weighted by Crippen LogP contribution is -2.18. The summed E-state index contributed by atoms with van der Waals surface area (Å²) in [6, 6.07) is 7.60. The van der Waals surface area contributed by atoms with E-state index < -0.39 is 11.9 Å². The molecule has 3 rings (SSSR count). The molecule has 0 radical (unpaired) electrons. The van der Waals surface area contributed by atoms with Gasteiger partial charge in [-0.05, 0) is 43.2 Å². The van der Waals surface area contributed by atoms with Crippen molar-refractivity contribution in [3.63, 3.8) is 0 Å². The Labute approximate surface area is 154 Å². The number of carbonyl (C=O) groups excluding carboxylic acids is 1. The molecule has 1 aliphatic rings. The molecule has 1 saturated heterocycles. The number of aromatic nitrogens is 1. The second-order valence-electron chi connectivity index (χ2n) is 5.78. The van der Waals surface area contributed by atoms with Gasteiger partial charge < -0.3 is 19.9 Å². The van der Waals surface area contributed by atoms with E-state index >= 15 is 0 Å². The van der Waals surface area contributed by atoms with Crippen molar-refractivity contribution in [1.82, 2.24) is 4.98 Å². The summed E-state index contributed by atoms with van der Waals surface area (Å²) < 4.78 is 11.3. The van der Waals surface area contributed by atoms with Gasteiger partial charge in [0.15, 0.2) is 0 Å². The second-order valence-corrected chi connectivity index (χ2v) is 6.21. The molecule has 2 N–H and O–H groups in total. The normalized spacial score (nSPS) is 16.3. The molecule has 136 valence electrons. The number of benzene rings is 1. The maximum absolute atomic E-state index is 12.4. The lowest BCUT2D eigenvalue weighted by molar-refractivity contribution is 0.0681. The highest BCUT2D eigenvalue weighted by atomic mass is 35.5. The number of carboxylic acids is 1. The van der Waals surface area contributed by atoms with Gasteiger partial charge in [0, 0.05) is 17.8 Å². The number of anilines is 1. The molecule has 0 saturated carbocycles. The van der Waals surface area contributed by atoms with Crippen LogP contribution in [0.25, 0.3) is 0 Å². The fraction of sp³-hybridized carbons (Fsp3) is 0.278. The van der Waals surface area contributed by atoms with E-state index in [1.54, 1.807) is 18.2 Å². The molecule has 1 aromatic carbocycles. The Kier molecular flexibility index (Phi) is 5.70. The molecule has 2 aromatic rings. The monoisotopic (exact) mass is 376 g/mol. The summed E-state index contributed by atoms with van der Waals surface area (Å²) in [7, 11) is 0. The van der Waals surface area contributed by atoms with Crippen LogP contribution in [-0.4, -0.2) is 41.3 Å². The Balaban J connectivity index is 1.71. The molecule has 2 heterocycles. The Bertz CT molecular complexity index is 804. The molecule has 1 fully saturated rings. The van der Waals surface area contributed by atoms with Gasteiger partial charge in [-0.2, -0.15) is 0 Å². The number of nitrogens with one attached hydrogen (secondary N) is 1. The molecule has 0 spiro atoms. The Hall–Kier alpha value is -2.64. The molecular weight excluding hydrogens is 360 g/mol. The SMILES string of the molecule is O=C(Nc1cc(Cl)ccc1OCC1CCCO1)c1ccc(C(=O)O)nc1. The van der Waals surface area contributed by atoms with Crippen molar-refractivity contribution in [3.8, 4) is 5.75 Å². The third-order valence-electron chi connectivity index (χ3n) is 3.88. The molecule has 26 heavy (non-hydrogen) atoms. The largest absolute Gasteiger partial charge is 0.489 e. The van der Waals surface area contributed by atoms with E-state index in [9.17, 15) is 9.59 Å². The van der Waals surface area contributed by atoms with Crippen LogP contribution in [-0.2, 0) is 4.74 Å². The zero-order valence-electron chi connectivity index (χ0n) is 13.8. The molecule has 1 atom stereocenters. The van der Waals surface area contributed by atoms with Crippen LogP contribution in [0, 0.1) is 0 Å². The van der Waals surface area contributed by atoms with Crippen LogP contribution >= 0.6 is 11.6 Å². The molecule has 0 aliphatic carbocycles. The zero-order chi connectivity index (χ0) is 18.5. The van der Waals surface area contributed by atoms with Crippen molar-refractivity contribution >= 4 is 29.2 Å². The van der Waals surface area contributed by atoms with Crippen molar-refractivity contribution < 1.29 is 24.2 Å². The van der Waals surface area contributed by atoms with Gasteiger partial charge in [-0.15, -0.1) is 0 Å². The standard InChI is InChI=1S/C18H17ClN2O5/c19-12-4-6-16(26-10-13-2-1-7-25-13)15(8-12)21-17(22)11-3-5-14(18(23)24)20-9-11/h3-6,8-9,13H,1-2,7,10H2,(H,21,22)(H,23,24). The van der Waals surface area contributed by atoms with Crippen LogP contribution in [0.4, 0.5) is 5.69 Å². The molecule has 7 nitrogen and oxygen atoms in total. The van der Waals surface area contributed by atoms with Crippen molar-refractivity contribution in [2.45, 2.75) is 18.9 Å². The number of pyridine rings is 1. The number of halogens is 1. The summed E-state index contributed by atoms with van der Waals surface area (Å²) in [4.78, 5) is 27.0. The van der Waals surface area contributed by atoms with E-state index in [2.05, 4.69) is 10.3 Å². The fourth-order valence-electron chi connectivity index (χ4n) is 2.53. The van der Waals surface area contributed by atoms with Gasteiger partial charge in [-0.3, -0.25) is 4.79 Å². The smallest absolute Gasteiger partial charge is 0.354 e. The van der Waals surface area contributed by atoms with E-state index in [-0.39, 0.29) is 17.4 Å². The number of carbonyl (C=O) groups is 2. The highest BCUT2D eigenvalue weighted by Gasteiger charge is 2.18. The summed E-state index contributed by atoms with van der Waals surface area (Å²) in [5, 5.41) is 12.0. The minimum atomic E-state index is -1.16. The number of hydrogen-bond donors (Lipinski definition) is 2. The van der Waals surface area contributed by atoms with Crippen molar-refractivity contribution in [2.24, 2.45) is 0 Å². The molecule has 1 aromatic heterocycles. The number of aromatic carboxylic acids is 1. The van der Waals surface area contributed by atoms with Crippen LogP contribution in [0.3, 0.4) is 0 Å². The number of amides is 1. The first-order valence-electron chi connectivity index (χ1n) is 8.07. The van der Waals surface area contributed by atoms with Gasteiger partial charge in [0.05, 0.1) is 17.4 Å². The van der Waals surface area contributed by atoms with E-state index in [1.807, 2.05) is 0 Å². The molecule has 0 bridgehead atoms. The van der Waals surface area contributed by atoms with Gasteiger partial charge in [0.2, 0.25) is 0 Å². The topological polar surface area (TPSA) is 97.8 Å². The maximum atomic E-state index is 12.4. The molecule has 1 aliphatic heterocycles. The minimum Gasteiger partial charge on any atom is -0.489 e. The lowest BCUT2D eigenvalue weighted by Gasteiger charge is -2.15. The fourth-order valence-corrected chi connectivity index (χ4v) is 2.71. The predicted octanol–water partition coefficient (Wildman–Crippen LogP) is 3.24. The summed E-state index contributed by atoms with van der Waals surface area (Å²) in [5.41, 5.74) is 0.507. The van der Waals surface area contributed by atoms with Crippen LogP contribution in [0.2, 0.25) is 5.02 Å². The first-order valence-corrected chi connectivity index (χ1v) is 8.45. The summed E-state index contributed by atoms with van der Waals surface area (Å²) >= 11 is 6.02. The minimum absolute atomic E-state index is 0.0435. The summed E-state index contributed by atoms with van der Waals surface area (Å²) in [5.74, 6) is -1.12. The van der Waals surface area contributed by atoms with Gasteiger partial charge in [0.1, 0.15) is 18.1 Å². The van der Waals surface area contributed by atoms with E-state index in [1.165, 1.54) is 18.3 Å². The average Bonchev–Trinajstić information content (AvgIpc) is 3.14. The first-order chi connectivity index (χ1) is 12.5. The van der Waals surface area contributed by atoms with E-state index in [4.69, 9.17) is 26.2 Å². The Morgan fingerprint density at radius 3 is 2.85 bits per heavy atom.